The van der Waals surface area contributed by atoms with E-state index in [1.54, 1.807) is 10.9 Å². The van der Waals surface area contributed by atoms with Gasteiger partial charge in [-0.2, -0.15) is 5.10 Å². The molecule has 2 aromatic carbocycles. The Morgan fingerprint density at radius 2 is 1.90 bits per heavy atom. The fourth-order valence-corrected chi connectivity index (χ4v) is 3.52. The molecule has 0 radical (unpaired) electrons. The van der Waals surface area contributed by atoms with Gasteiger partial charge in [-0.15, -0.1) is 0 Å². The van der Waals surface area contributed by atoms with Gasteiger partial charge in [-0.25, -0.2) is 4.98 Å². The SMILES string of the molecule is CC(C)n1cnc2ccc(CNC(=O)c3cnn(C)c3Cc3ccccc3)cc21. The number of nitrogens with one attached hydrogen (secondary N) is 1. The first-order valence-electron chi connectivity index (χ1n) is 9.81. The molecule has 0 saturated heterocycles. The highest BCUT2D eigenvalue weighted by molar-refractivity contribution is 5.95. The van der Waals surface area contributed by atoms with Gasteiger partial charge < -0.3 is 9.88 Å². The van der Waals surface area contributed by atoms with Crippen LogP contribution in [0.1, 0.15) is 47.1 Å². The molecule has 1 amide bonds. The average Bonchev–Trinajstić information content (AvgIpc) is 3.30. The largest absolute Gasteiger partial charge is 0.348 e. The van der Waals surface area contributed by atoms with Gasteiger partial charge in [0.25, 0.3) is 5.91 Å². The lowest BCUT2D eigenvalue weighted by Crippen LogP contribution is -2.24. The highest BCUT2D eigenvalue weighted by Crippen LogP contribution is 2.19. The summed E-state index contributed by atoms with van der Waals surface area (Å²) in [5.74, 6) is -0.110. The number of rotatable bonds is 6. The van der Waals surface area contributed by atoms with Crippen molar-refractivity contribution in [3.63, 3.8) is 0 Å². The minimum atomic E-state index is -0.110. The van der Waals surface area contributed by atoms with Crippen molar-refractivity contribution in [3.05, 3.63) is 83.4 Å². The van der Waals surface area contributed by atoms with Crippen LogP contribution < -0.4 is 5.32 Å². The van der Waals surface area contributed by atoms with Crippen molar-refractivity contribution < 1.29 is 4.79 Å². The topological polar surface area (TPSA) is 64.7 Å². The van der Waals surface area contributed by atoms with E-state index in [0.717, 1.165) is 27.9 Å². The zero-order valence-corrected chi connectivity index (χ0v) is 17.0. The summed E-state index contributed by atoms with van der Waals surface area (Å²) in [5, 5.41) is 7.34. The second-order valence-corrected chi connectivity index (χ2v) is 7.54. The zero-order chi connectivity index (χ0) is 20.4. The average molecular weight is 387 g/mol. The molecule has 148 valence electrons. The van der Waals surface area contributed by atoms with Crippen LogP contribution in [0.5, 0.6) is 0 Å². The van der Waals surface area contributed by atoms with Gasteiger partial charge >= 0.3 is 0 Å². The summed E-state index contributed by atoms with van der Waals surface area (Å²) in [6.07, 6.45) is 4.17. The van der Waals surface area contributed by atoms with Crippen LogP contribution in [-0.4, -0.2) is 25.2 Å². The summed E-state index contributed by atoms with van der Waals surface area (Å²) < 4.78 is 3.91. The number of benzene rings is 2. The molecule has 0 aliphatic rings. The van der Waals surface area contributed by atoms with Crippen molar-refractivity contribution >= 4 is 16.9 Å². The minimum Gasteiger partial charge on any atom is -0.348 e. The molecule has 0 unspecified atom stereocenters. The predicted molar refractivity (Wildman–Crippen MR) is 114 cm³/mol. The molecule has 1 N–H and O–H groups in total. The van der Waals surface area contributed by atoms with E-state index in [9.17, 15) is 4.79 Å². The maximum absolute atomic E-state index is 12.8. The van der Waals surface area contributed by atoms with Crippen molar-refractivity contribution in [2.45, 2.75) is 32.9 Å². The molecule has 0 saturated carbocycles. The third kappa shape index (κ3) is 3.92. The van der Waals surface area contributed by atoms with Crippen LogP contribution in [0.25, 0.3) is 11.0 Å². The number of amides is 1. The first-order chi connectivity index (χ1) is 14.0. The van der Waals surface area contributed by atoms with Crippen LogP contribution in [0.3, 0.4) is 0 Å². The standard InChI is InChI=1S/C23H25N5O/c1-16(2)28-15-25-20-10-9-18(12-22(20)28)13-24-23(29)19-14-26-27(3)21(19)11-17-7-5-4-6-8-17/h4-10,12,14-16H,11,13H2,1-3H3,(H,24,29). The molecule has 29 heavy (non-hydrogen) atoms. The molecule has 0 bridgehead atoms. The maximum atomic E-state index is 12.8. The molecule has 2 aromatic heterocycles. The van der Waals surface area contributed by atoms with E-state index in [1.165, 1.54) is 0 Å². The predicted octanol–water partition coefficient (Wildman–Crippen LogP) is 3.87. The van der Waals surface area contributed by atoms with Crippen molar-refractivity contribution in [2.24, 2.45) is 7.05 Å². The molecular weight excluding hydrogens is 362 g/mol. The van der Waals surface area contributed by atoms with Crippen LogP contribution in [0.15, 0.2) is 61.1 Å². The Hall–Kier alpha value is -3.41. The Bertz CT molecular complexity index is 1140. The fourth-order valence-electron chi connectivity index (χ4n) is 3.52. The number of aromatic nitrogens is 4. The first kappa shape index (κ1) is 18.9. The number of carbonyl (C=O) groups is 1. The number of aryl methyl sites for hydroxylation is 1. The minimum absolute atomic E-state index is 0.110. The molecule has 0 spiro atoms. The molecule has 0 atom stereocenters. The van der Waals surface area contributed by atoms with Crippen molar-refractivity contribution in [1.29, 1.82) is 0 Å². The quantitative estimate of drug-likeness (QED) is 0.546. The van der Waals surface area contributed by atoms with Crippen LogP contribution in [0, 0.1) is 0 Å². The Kier molecular flexibility index (Phi) is 5.16. The summed E-state index contributed by atoms with van der Waals surface area (Å²) in [7, 11) is 1.87. The van der Waals surface area contributed by atoms with Gasteiger partial charge in [-0.05, 0) is 37.1 Å². The lowest BCUT2D eigenvalue weighted by Gasteiger charge is -2.10. The van der Waals surface area contributed by atoms with Gasteiger partial charge in [0.2, 0.25) is 0 Å². The molecule has 0 fully saturated rings. The molecule has 6 nitrogen and oxygen atoms in total. The van der Waals surface area contributed by atoms with E-state index in [2.05, 4.69) is 52.0 Å². The van der Waals surface area contributed by atoms with E-state index in [1.807, 2.05) is 43.7 Å². The highest BCUT2D eigenvalue weighted by atomic mass is 16.1. The molecule has 0 aliphatic heterocycles. The van der Waals surface area contributed by atoms with Gasteiger partial charge in [0, 0.05) is 26.1 Å². The fraction of sp³-hybridized carbons (Fsp3) is 0.261. The lowest BCUT2D eigenvalue weighted by atomic mass is 10.1. The van der Waals surface area contributed by atoms with E-state index in [4.69, 9.17) is 0 Å². The van der Waals surface area contributed by atoms with Crippen molar-refractivity contribution in [1.82, 2.24) is 24.6 Å². The summed E-state index contributed by atoms with van der Waals surface area (Å²) in [5.41, 5.74) is 5.76. The summed E-state index contributed by atoms with van der Waals surface area (Å²) >= 11 is 0. The van der Waals surface area contributed by atoms with Gasteiger partial charge in [0.15, 0.2) is 0 Å². The molecule has 4 aromatic rings. The van der Waals surface area contributed by atoms with Crippen molar-refractivity contribution in [3.8, 4) is 0 Å². The summed E-state index contributed by atoms with van der Waals surface area (Å²) in [4.78, 5) is 17.3. The van der Waals surface area contributed by atoms with Crippen LogP contribution in [0.4, 0.5) is 0 Å². The second kappa shape index (κ2) is 7.91. The number of fused-ring (bicyclic) bond motifs is 1. The van der Waals surface area contributed by atoms with Gasteiger partial charge in [-0.3, -0.25) is 9.48 Å². The first-order valence-corrected chi connectivity index (χ1v) is 9.81. The van der Waals surface area contributed by atoms with Crippen molar-refractivity contribution in [2.75, 3.05) is 0 Å². The van der Waals surface area contributed by atoms with Gasteiger partial charge in [-0.1, -0.05) is 36.4 Å². The second-order valence-electron chi connectivity index (χ2n) is 7.54. The number of hydrogen-bond donors (Lipinski definition) is 1. The summed E-state index contributed by atoms with van der Waals surface area (Å²) in [6, 6.07) is 16.5. The Labute approximate surface area is 170 Å². The normalized spacial score (nSPS) is 11.3. The maximum Gasteiger partial charge on any atom is 0.255 e. The van der Waals surface area contributed by atoms with Crippen LogP contribution in [-0.2, 0) is 20.0 Å². The number of imidazole rings is 1. The molecule has 0 aliphatic carbocycles. The lowest BCUT2D eigenvalue weighted by molar-refractivity contribution is 0.0950. The number of carbonyl (C=O) groups excluding carboxylic acids is 1. The number of hydrogen-bond acceptors (Lipinski definition) is 3. The monoisotopic (exact) mass is 387 g/mol. The zero-order valence-electron chi connectivity index (χ0n) is 17.0. The molecule has 2 heterocycles. The van der Waals surface area contributed by atoms with Crippen LogP contribution >= 0.6 is 0 Å². The van der Waals surface area contributed by atoms with E-state index in [0.29, 0.717) is 24.6 Å². The highest BCUT2D eigenvalue weighted by Gasteiger charge is 2.16. The summed E-state index contributed by atoms with van der Waals surface area (Å²) in [6.45, 7) is 4.72. The third-order valence-electron chi connectivity index (χ3n) is 5.17. The molecule has 6 heteroatoms. The molecule has 4 rings (SSSR count). The van der Waals surface area contributed by atoms with Gasteiger partial charge in [0.05, 0.1) is 34.8 Å². The Morgan fingerprint density at radius 3 is 2.66 bits per heavy atom. The smallest absolute Gasteiger partial charge is 0.255 e. The Balaban J connectivity index is 1.51. The van der Waals surface area contributed by atoms with Gasteiger partial charge in [0.1, 0.15) is 0 Å². The van der Waals surface area contributed by atoms with E-state index >= 15 is 0 Å². The number of nitrogens with zero attached hydrogens (tertiary/aromatic N) is 4. The Morgan fingerprint density at radius 1 is 1.10 bits per heavy atom. The third-order valence-corrected chi connectivity index (χ3v) is 5.17. The van der Waals surface area contributed by atoms with E-state index < -0.39 is 0 Å². The van der Waals surface area contributed by atoms with E-state index in [-0.39, 0.29) is 5.91 Å². The molecular formula is C23H25N5O. The van der Waals surface area contributed by atoms with Crippen LogP contribution in [0.2, 0.25) is 0 Å².